The van der Waals surface area contributed by atoms with Gasteiger partial charge in [-0.15, -0.1) is 0 Å². The van der Waals surface area contributed by atoms with Gasteiger partial charge in [0.15, 0.2) is 0 Å². The molecule has 1 aliphatic heterocycles. The van der Waals surface area contributed by atoms with Gasteiger partial charge in [-0.2, -0.15) is 0 Å². The summed E-state index contributed by atoms with van der Waals surface area (Å²) in [6, 6.07) is 9.73. The normalized spacial score (nSPS) is 17.2. The van der Waals surface area contributed by atoms with Gasteiger partial charge in [0.05, 0.1) is 0 Å². The van der Waals surface area contributed by atoms with Crippen molar-refractivity contribution in [3.05, 3.63) is 35.9 Å². The van der Waals surface area contributed by atoms with Crippen LogP contribution < -0.4 is 5.32 Å². The number of ether oxygens (including phenoxy) is 2. The first kappa shape index (κ1) is 19.1. The van der Waals surface area contributed by atoms with Gasteiger partial charge in [0.2, 0.25) is 0 Å². The standard InChI is InChI=1S/C19H28N2O4/c1-19(2,3)25-17(22)20-12-11-16-10-7-13-21(16)18(23)24-14-15-8-5-4-6-9-15/h4-6,8-9,16H,7,10-14H2,1-3H3,(H,20,22). The predicted octanol–water partition coefficient (Wildman–Crippen LogP) is 3.70. The zero-order chi connectivity index (χ0) is 18.3. The molecular weight excluding hydrogens is 320 g/mol. The minimum absolute atomic E-state index is 0.0956. The van der Waals surface area contributed by atoms with E-state index in [1.165, 1.54) is 0 Å². The van der Waals surface area contributed by atoms with Crippen LogP contribution in [-0.4, -0.2) is 41.8 Å². The molecule has 0 aromatic heterocycles. The smallest absolute Gasteiger partial charge is 0.410 e. The predicted molar refractivity (Wildman–Crippen MR) is 95.2 cm³/mol. The van der Waals surface area contributed by atoms with Crippen molar-refractivity contribution in [3.8, 4) is 0 Å². The number of rotatable bonds is 5. The Kier molecular flexibility index (Phi) is 6.67. The van der Waals surface area contributed by atoms with Crippen molar-refractivity contribution >= 4 is 12.2 Å². The van der Waals surface area contributed by atoms with Crippen LogP contribution in [0.2, 0.25) is 0 Å². The van der Waals surface area contributed by atoms with Crippen molar-refractivity contribution in [3.63, 3.8) is 0 Å². The van der Waals surface area contributed by atoms with Gasteiger partial charge in [0.25, 0.3) is 0 Å². The van der Waals surface area contributed by atoms with Crippen LogP contribution >= 0.6 is 0 Å². The molecule has 0 spiro atoms. The second-order valence-corrected chi connectivity index (χ2v) is 7.25. The number of hydrogen-bond donors (Lipinski definition) is 1. The molecule has 1 heterocycles. The molecule has 6 nitrogen and oxygen atoms in total. The number of carbonyl (C=O) groups is 2. The van der Waals surface area contributed by atoms with E-state index in [0.717, 1.165) is 18.4 Å². The number of likely N-dealkylation sites (tertiary alicyclic amines) is 1. The SMILES string of the molecule is CC(C)(C)OC(=O)NCCC1CCCN1C(=O)OCc1ccccc1. The fourth-order valence-corrected chi connectivity index (χ4v) is 2.83. The molecule has 6 heteroatoms. The Labute approximate surface area is 149 Å². The lowest BCUT2D eigenvalue weighted by atomic mass is 10.1. The van der Waals surface area contributed by atoms with E-state index < -0.39 is 11.7 Å². The van der Waals surface area contributed by atoms with Crippen molar-refractivity contribution in [2.75, 3.05) is 13.1 Å². The quantitative estimate of drug-likeness (QED) is 0.881. The van der Waals surface area contributed by atoms with Crippen LogP contribution in [-0.2, 0) is 16.1 Å². The maximum absolute atomic E-state index is 12.3. The summed E-state index contributed by atoms with van der Waals surface area (Å²) in [6.07, 6.45) is 1.86. The highest BCUT2D eigenvalue weighted by atomic mass is 16.6. The van der Waals surface area contributed by atoms with Gasteiger partial charge in [-0.1, -0.05) is 30.3 Å². The second-order valence-electron chi connectivity index (χ2n) is 7.25. The average Bonchev–Trinajstić information content (AvgIpc) is 3.00. The number of carbonyl (C=O) groups excluding carboxylic acids is 2. The van der Waals surface area contributed by atoms with E-state index in [9.17, 15) is 9.59 Å². The molecule has 1 atom stereocenters. The van der Waals surface area contributed by atoms with Crippen molar-refractivity contribution < 1.29 is 19.1 Å². The minimum atomic E-state index is -0.509. The fourth-order valence-electron chi connectivity index (χ4n) is 2.83. The Balaban J connectivity index is 1.73. The Bertz CT molecular complexity index is 569. The highest BCUT2D eigenvalue weighted by Crippen LogP contribution is 2.21. The third kappa shape index (κ3) is 6.64. The van der Waals surface area contributed by atoms with Crippen molar-refractivity contribution in [2.45, 2.75) is 58.3 Å². The molecule has 2 amide bonds. The van der Waals surface area contributed by atoms with E-state index in [2.05, 4.69) is 5.32 Å². The monoisotopic (exact) mass is 348 g/mol. The van der Waals surface area contributed by atoms with Crippen LogP contribution in [0.3, 0.4) is 0 Å². The molecule has 138 valence electrons. The molecule has 1 aliphatic rings. The van der Waals surface area contributed by atoms with Crippen molar-refractivity contribution in [1.29, 1.82) is 0 Å². The van der Waals surface area contributed by atoms with Gasteiger partial charge in [-0.25, -0.2) is 9.59 Å². The van der Waals surface area contributed by atoms with Gasteiger partial charge >= 0.3 is 12.2 Å². The van der Waals surface area contributed by atoms with Crippen LogP contribution in [0.25, 0.3) is 0 Å². The Hall–Kier alpha value is -2.24. The number of alkyl carbamates (subject to hydrolysis) is 1. The van der Waals surface area contributed by atoms with E-state index in [4.69, 9.17) is 9.47 Å². The number of nitrogens with zero attached hydrogens (tertiary/aromatic N) is 1. The summed E-state index contributed by atoms with van der Waals surface area (Å²) >= 11 is 0. The zero-order valence-corrected chi connectivity index (χ0v) is 15.3. The van der Waals surface area contributed by atoms with E-state index >= 15 is 0 Å². The molecule has 1 fully saturated rings. The molecule has 0 radical (unpaired) electrons. The average molecular weight is 348 g/mol. The van der Waals surface area contributed by atoms with Gasteiger partial charge in [-0.3, -0.25) is 0 Å². The highest BCUT2D eigenvalue weighted by Gasteiger charge is 2.29. The molecule has 0 saturated carbocycles. The summed E-state index contributed by atoms with van der Waals surface area (Å²) in [5.74, 6) is 0. The Morgan fingerprint density at radius 3 is 2.64 bits per heavy atom. The first-order chi connectivity index (χ1) is 11.8. The molecule has 0 bridgehead atoms. The third-order valence-corrected chi connectivity index (χ3v) is 3.96. The molecule has 1 aromatic rings. The first-order valence-corrected chi connectivity index (χ1v) is 8.79. The maximum atomic E-state index is 12.3. The number of amides is 2. The first-order valence-electron chi connectivity index (χ1n) is 8.79. The summed E-state index contributed by atoms with van der Waals surface area (Å²) < 4.78 is 10.6. The zero-order valence-electron chi connectivity index (χ0n) is 15.3. The minimum Gasteiger partial charge on any atom is -0.445 e. The summed E-state index contributed by atoms with van der Waals surface area (Å²) in [6.45, 7) is 6.93. The van der Waals surface area contributed by atoms with E-state index in [-0.39, 0.29) is 18.7 Å². The number of benzene rings is 1. The van der Waals surface area contributed by atoms with E-state index in [1.54, 1.807) is 4.90 Å². The van der Waals surface area contributed by atoms with Crippen LogP contribution in [0.5, 0.6) is 0 Å². The third-order valence-electron chi connectivity index (χ3n) is 3.96. The second kappa shape index (κ2) is 8.74. The lowest BCUT2D eigenvalue weighted by Crippen LogP contribution is -2.39. The lowest BCUT2D eigenvalue weighted by Gasteiger charge is -2.24. The largest absolute Gasteiger partial charge is 0.445 e. The molecule has 0 aliphatic carbocycles. The van der Waals surface area contributed by atoms with Crippen molar-refractivity contribution in [1.82, 2.24) is 10.2 Å². The summed E-state index contributed by atoms with van der Waals surface area (Å²) in [4.78, 5) is 25.7. The van der Waals surface area contributed by atoms with E-state index in [1.807, 2.05) is 51.1 Å². The summed E-state index contributed by atoms with van der Waals surface area (Å²) in [5.41, 5.74) is 0.461. The molecule has 1 aromatic carbocycles. The van der Waals surface area contributed by atoms with E-state index in [0.29, 0.717) is 19.5 Å². The van der Waals surface area contributed by atoms with Gasteiger partial charge in [-0.05, 0) is 45.6 Å². The molecule has 25 heavy (non-hydrogen) atoms. The molecule has 1 saturated heterocycles. The van der Waals surface area contributed by atoms with Gasteiger partial charge in [0.1, 0.15) is 12.2 Å². The fraction of sp³-hybridized carbons (Fsp3) is 0.579. The molecule has 1 unspecified atom stereocenters. The maximum Gasteiger partial charge on any atom is 0.410 e. The van der Waals surface area contributed by atoms with Crippen LogP contribution in [0, 0.1) is 0 Å². The summed E-state index contributed by atoms with van der Waals surface area (Å²) in [7, 11) is 0. The highest BCUT2D eigenvalue weighted by molar-refractivity contribution is 5.69. The number of hydrogen-bond acceptors (Lipinski definition) is 4. The van der Waals surface area contributed by atoms with Gasteiger partial charge < -0.3 is 19.7 Å². The van der Waals surface area contributed by atoms with Crippen molar-refractivity contribution in [2.24, 2.45) is 0 Å². The molecule has 1 N–H and O–H groups in total. The van der Waals surface area contributed by atoms with Crippen LogP contribution in [0.15, 0.2) is 30.3 Å². The number of nitrogens with one attached hydrogen (secondary N) is 1. The molecule has 2 rings (SSSR count). The van der Waals surface area contributed by atoms with Gasteiger partial charge in [0, 0.05) is 19.1 Å². The lowest BCUT2D eigenvalue weighted by molar-refractivity contribution is 0.0522. The Morgan fingerprint density at radius 2 is 1.96 bits per heavy atom. The topological polar surface area (TPSA) is 67.9 Å². The Morgan fingerprint density at radius 1 is 1.24 bits per heavy atom. The summed E-state index contributed by atoms with van der Waals surface area (Å²) in [5, 5.41) is 2.74. The van der Waals surface area contributed by atoms with Crippen LogP contribution in [0.1, 0.15) is 45.6 Å². The molecular formula is C19H28N2O4. The van der Waals surface area contributed by atoms with Crippen LogP contribution in [0.4, 0.5) is 9.59 Å².